The molecule has 0 fully saturated rings. The fourth-order valence-electron chi connectivity index (χ4n) is 1.39. The number of hydrogen-bond donors (Lipinski definition) is 0. The van der Waals surface area contributed by atoms with Gasteiger partial charge in [-0.3, -0.25) is 0 Å². The number of hydrogen-bond acceptors (Lipinski definition) is 1. The van der Waals surface area contributed by atoms with Gasteiger partial charge >= 0.3 is 30.0 Å². The van der Waals surface area contributed by atoms with Gasteiger partial charge in [-0.1, -0.05) is 12.1 Å². The van der Waals surface area contributed by atoms with E-state index >= 15 is 0 Å². The van der Waals surface area contributed by atoms with Crippen molar-refractivity contribution < 1.29 is 21.1 Å². The number of ether oxygens (including phenoxy) is 1. The van der Waals surface area contributed by atoms with Crippen LogP contribution in [0.3, 0.4) is 0 Å². The van der Waals surface area contributed by atoms with E-state index in [-0.39, 0.29) is 0 Å². The summed E-state index contributed by atoms with van der Waals surface area (Å²) in [6, 6.07) is 18.9. The second kappa shape index (κ2) is 8.44. The van der Waals surface area contributed by atoms with Crippen LogP contribution >= 0.6 is 13.6 Å². The van der Waals surface area contributed by atoms with E-state index < -0.39 is 0 Å². The molecular weight excluding hydrogens is 329 g/mol. The normalized spacial score (nSPS) is 9.18. The van der Waals surface area contributed by atoms with Gasteiger partial charge in [0.25, 0.3) is 0 Å². The molecule has 0 atom stereocenters. The Balaban J connectivity index is 0.000000686. The second-order valence-corrected chi connectivity index (χ2v) is 3.51. The molecule has 0 saturated heterocycles. The third-order valence-electron chi connectivity index (χ3n) is 2.18. The van der Waals surface area contributed by atoms with E-state index in [1.165, 1.54) is 21.9 Å². The molecule has 0 bridgehead atoms. The van der Waals surface area contributed by atoms with Gasteiger partial charge in [-0.25, -0.2) is 0 Å². The summed E-state index contributed by atoms with van der Waals surface area (Å²) >= 11 is 4.25. The molecule has 0 amide bonds. The first kappa shape index (κ1) is 14.4. The van der Waals surface area contributed by atoms with Gasteiger partial charge in [0.05, 0.1) is 6.61 Å². The third kappa shape index (κ3) is 5.47. The van der Waals surface area contributed by atoms with E-state index in [1.807, 2.05) is 42.5 Å². The topological polar surface area (TPSA) is 9.23 Å². The van der Waals surface area contributed by atoms with Gasteiger partial charge in [0, 0.05) is 0 Å². The molecule has 0 spiro atoms. The molecule has 17 heavy (non-hydrogen) atoms. The van der Waals surface area contributed by atoms with E-state index in [0.29, 0.717) is 6.61 Å². The molecule has 0 saturated carbocycles. The number of rotatable bonds is 3. The van der Waals surface area contributed by atoms with Crippen LogP contribution in [0.1, 0.15) is 11.1 Å². The summed E-state index contributed by atoms with van der Waals surface area (Å²) in [7, 11) is 0. The fraction of sp³-hybridized carbons (Fsp3) is 0.143. The van der Waals surface area contributed by atoms with Crippen molar-refractivity contribution in [2.24, 2.45) is 0 Å². The van der Waals surface area contributed by atoms with Crippen LogP contribution in [-0.4, -0.2) is 0 Å². The summed E-state index contributed by atoms with van der Waals surface area (Å²) in [5.74, 6) is 0.919. The molecule has 0 aliphatic rings. The van der Waals surface area contributed by atoms with Crippen molar-refractivity contribution in [3.63, 3.8) is 0 Å². The zero-order chi connectivity index (χ0) is 12.5. The van der Waals surface area contributed by atoms with Gasteiger partial charge in [-0.15, -0.1) is 5.56 Å². The average molecular weight is 343 g/mol. The Morgan fingerprint density at radius 3 is 2.53 bits per heavy atom. The Labute approximate surface area is 119 Å². The molecule has 0 unspecified atom stereocenters. The summed E-state index contributed by atoms with van der Waals surface area (Å²) in [6.07, 6.45) is 0. The van der Waals surface area contributed by atoms with Crippen LogP contribution < -0.4 is 4.74 Å². The van der Waals surface area contributed by atoms with E-state index in [4.69, 9.17) is 4.74 Å². The van der Waals surface area contributed by atoms with Crippen LogP contribution in [0.2, 0.25) is 0 Å². The Kier molecular flexibility index (Phi) is 7.15. The van der Waals surface area contributed by atoms with Gasteiger partial charge in [0.1, 0.15) is 5.75 Å². The predicted molar refractivity (Wildman–Crippen MR) is 69.7 cm³/mol. The fourth-order valence-corrected chi connectivity index (χ4v) is 1.39. The number of benzene rings is 2. The summed E-state index contributed by atoms with van der Waals surface area (Å²) in [4.78, 5) is 0. The van der Waals surface area contributed by atoms with E-state index in [1.54, 1.807) is 0 Å². The molecule has 0 aliphatic carbocycles. The molecule has 1 nitrogen and oxygen atoms in total. The summed E-state index contributed by atoms with van der Waals surface area (Å²) < 4.78 is 5.66. The van der Waals surface area contributed by atoms with Crippen molar-refractivity contribution in [3.8, 4) is 5.75 Å². The van der Waals surface area contributed by atoms with Gasteiger partial charge < -0.3 is 4.74 Å². The van der Waals surface area contributed by atoms with Crippen molar-refractivity contribution in [2.75, 3.05) is 0 Å². The van der Waals surface area contributed by atoms with Gasteiger partial charge in [0.2, 0.25) is 0 Å². The van der Waals surface area contributed by atoms with Crippen molar-refractivity contribution in [3.05, 3.63) is 65.7 Å². The first-order chi connectivity index (χ1) is 8.34. The Morgan fingerprint density at radius 1 is 1.18 bits per heavy atom. The Morgan fingerprint density at radius 2 is 1.88 bits per heavy atom. The van der Waals surface area contributed by atoms with Crippen LogP contribution in [0.25, 0.3) is 0 Å². The maximum atomic E-state index is 5.66. The van der Waals surface area contributed by atoms with E-state index in [2.05, 4.69) is 32.7 Å². The van der Waals surface area contributed by atoms with E-state index in [9.17, 15) is 0 Å². The predicted octanol–water partition coefficient (Wildman–Crippen LogP) is 4.22. The number of halogens is 1. The van der Waals surface area contributed by atoms with Crippen LogP contribution in [0.4, 0.5) is 0 Å². The summed E-state index contributed by atoms with van der Waals surface area (Å²) in [5, 5.41) is 0. The first-order valence-corrected chi connectivity index (χ1v) is 12.2. The molecule has 2 rings (SSSR count). The molecule has 0 aliphatic heterocycles. The molecule has 0 aromatic heterocycles. The summed E-state index contributed by atoms with van der Waals surface area (Å²) in [6.45, 7) is 2.67. The molecule has 84 valence electrons. The quantitative estimate of drug-likeness (QED) is 0.599. The van der Waals surface area contributed by atoms with Gasteiger partial charge in [0.15, 0.2) is 0 Å². The zero-order valence-corrected chi connectivity index (χ0v) is 14.4. The van der Waals surface area contributed by atoms with Crippen molar-refractivity contribution in [1.82, 2.24) is 0 Å². The Bertz CT molecular complexity index is 431. The average Bonchev–Trinajstić information content (AvgIpc) is 2.40. The monoisotopic (exact) mass is 340 g/mol. The van der Waals surface area contributed by atoms with E-state index in [0.717, 1.165) is 11.3 Å². The molecule has 0 heterocycles. The molecule has 3 heteroatoms. The zero-order valence-electron chi connectivity index (χ0n) is 9.82. The van der Waals surface area contributed by atoms with Crippen molar-refractivity contribution in [1.29, 1.82) is 0 Å². The van der Waals surface area contributed by atoms with Crippen LogP contribution in [-0.2, 0) is 22.9 Å². The van der Waals surface area contributed by atoms with Crippen LogP contribution in [0.5, 0.6) is 5.75 Å². The van der Waals surface area contributed by atoms with Crippen molar-refractivity contribution >= 4 is 13.6 Å². The first-order valence-electron chi connectivity index (χ1n) is 5.26. The minimum absolute atomic E-state index is 0.609. The minimum atomic E-state index is 0.609. The maximum absolute atomic E-state index is 5.66. The molecule has 0 N–H and O–H groups in total. The summed E-state index contributed by atoms with van der Waals surface area (Å²) in [5.41, 5.74) is 2.38. The molecular formula is C14H13BrOZn. The second-order valence-electron chi connectivity index (χ2n) is 3.51. The number of aryl methyl sites for hydroxylation is 1. The Hall–Kier alpha value is -0.657. The molecule has 0 radical (unpaired) electrons. The van der Waals surface area contributed by atoms with Gasteiger partial charge in [-0.2, -0.15) is 30.3 Å². The van der Waals surface area contributed by atoms with Crippen LogP contribution in [0.15, 0.2) is 48.5 Å². The van der Waals surface area contributed by atoms with Gasteiger partial charge in [-0.05, 0) is 24.6 Å². The SMILES string of the molecule is Cc1cccc(OCc2cc[c-]cc2)c1.[Zn+][Br]. The van der Waals surface area contributed by atoms with Crippen LogP contribution in [0, 0.1) is 13.0 Å². The standard InChI is InChI=1S/C14H13O.BrH.Zn/c1-12-6-5-9-14(10-12)15-11-13-7-3-2-4-8-13;;/h3-10H,11H2,1H3;1H;/q-1;;+2/p-1. The van der Waals surface area contributed by atoms with Crippen molar-refractivity contribution in [2.45, 2.75) is 13.5 Å². The molecule has 2 aromatic carbocycles. The molecule has 2 aromatic rings. The third-order valence-corrected chi connectivity index (χ3v) is 2.18.